The maximum atomic E-state index is 12.5. The second-order valence-corrected chi connectivity index (χ2v) is 36.1. The summed E-state index contributed by atoms with van der Waals surface area (Å²) >= 11 is 0. The standard InChI is InChI=1S/C28H38O5.C28H36O5.C28H40O4.C28H38O4/c2*1-6-9-26-22(5)25(30)18-27(33-26)24(29)12-7-10-19(2)16-21(4)17-20(3)14-15-23-11-8-13-28(31)32-23;2*1-6-10-27-23(5)26(29)19-25(31-27)12-8-7-11-20(2)17-22(4)18-21(3)15-16-24-13-9-14-28(30)32-24/h6-10,12-15,17,21-23,25-27,30H,11,16,18H2,1-5H3;6-10,12-15,17,21-23,26-27H,11,16,18H2,1-5H3;6-11,14-16,18,22-27,29H,12-13,17,19H2,1-5H3;6-11,14-16,18,22-25,27H,12-13,17,19H2,1-5H3/b2*9-6+,12-7+,15-14+,19-10+,20-17-;2*8-7+,10-6+,16-15+,20-11+,21-18-/t21-,22+,23-,25-,26+,27+;21-,22+,23-,26+,27+;22-,23+,24-,25-,26-,27+;22-,23+,24-,25-,27+/m1111/s1. The molecule has 0 aromatic heterocycles. The van der Waals surface area contributed by atoms with Crippen molar-refractivity contribution in [1.82, 2.24) is 0 Å². The van der Waals surface area contributed by atoms with E-state index in [2.05, 4.69) is 116 Å². The summed E-state index contributed by atoms with van der Waals surface area (Å²) in [5.74, 6) is 0.184. The summed E-state index contributed by atoms with van der Waals surface area (Å²) in [4.78, 5) is 94.6. The summed E-state index contributed by atoms with van der Waals surface area (Å²) in [5, 5.41) is 20.6. The number of hydrogen-bond acceptors (Lipinski definition) is 18. The van der Waals surface area contributed by atoms with E-state index >= 15 is 0 Å². The van der Waals surface area contributed by atoms with Gasteiger partial charge in [-0.05, 0) is 182 Å². The number of carbonyl (C=O) groups excluding carboxylic acids is 8. The Labute approximate surface area is 777 Å². The van der Waals surface area contributed by atoms with Gasteiger partial charge in [0.05, 0.1) is 48.8 Å². The van der Waals surface area contributed by atoms with Gasteiger partial charge in [0.2, 0.25) is 0 Å². The number of esters is 4. The Hall–Kier alpha value is -9.92. The summed E-state index contributed by atoms with van der Waals surface area (Å²) < 4.78 is 44.9. The van der Waals surface area contributed by atoms with Gasteiger partial charge in [0.1, 0.15) is 48.2 Å². The molecule has 8 heterocycles. The van der Waals surface area contributed by atoms with Crippen molar-refractivity contribution in [2.75, 3.05) is 0 Å². The Kier molecular flexibility index (Phi) is 51.2. The fourth-order valence-corrected chi connectivity index (χ4v) is 16.2. The fraction of sp³-hybridized carbons (Fsp3) is 0.500. The van der Waals surface area contributed by atoms with Crippen LogP contribution in [0, 0.1) is 47.3 Å². The lowest BCUT2D eigenvalue weighted by molar-refractivity contribution is -0.149. The number of aliphatic hydroxyl groups is 2. The summed E-state index contributed by atoms with van der Waals surface area (Å²) in [6, 6.07) is 0. The predicted octanol–water partition coefficient (Wildman–Crippen LogP) is 22.8. The van der Waals surface area contributed by atoms with E-state index in [4.69, 9.17) is 37.9 Å². The smallest absolute Gasteiger partial charge is 0.331 e. The van der Waals surface area contributed by atoms with E-state index in [1.54, 1.807) is 12.2 Å². The Morgan fingerprint density at radius 1 is 0.369 bits per heavy atom. The Balaban J connectivity index is 0.000000307. The maximum Gasteiger partial charge on any atom is 0.331 e. The molecule has 0 aliphatic carbocycles. The minimum Gasteiger partial charge on any atom is -0.455 e. The highest BCUT2D eigenvalue weighted by Crippen LogP contribution is 2.32. The SMILES string of the molecule is C/C=C/[C@@H]1O[C@H](C(=O)/C=C/C=C(\C)C[C@@H](C)/C=C(C)\C=C\[C@H]2CC=CC(=O)O2)CC(=O)[C@@H]1C.C/C=C/[C@@H]1O[C@H](C(=O)/C=C/C=C(\C)C[C@@H](C)/C=C(C)\C=C\[C@H]2CC=CC(=O)O2)C[C@@H](O)[C@@H]1C.C/C=C/[C@@H]1O[C@H](C/C=C/C=C(\C)C[C@@H](C)/C=C(C)\C=C\[C@H]2CC=CC(=O)O2)CC(=O)[C@@H]1C.C/C=C/[C@@H]1O[C@H](C/C=C/C=C(\C)C[C@@H](C)/C=C(C)\C=C\[C@H]2CC=CC(=O)O2)C[C@@H](O)[C@@H]1C. The van der Waals surface area contributed by atoms with E-state index in [0.29, 0.717) is 55.8 Å². The second-order valence-electron chi connectivity index (χ2n) is 36.1. The van der Waals surface area contributed by atoms with Crippen molar-refractivity contribution in [2.24, 2.45) is 47.3 Å². The van der Waals surface area contributed by atoms with Crippen molar-refractivity contribution in [3.63, 3.8) is 0 Å². The molecule has 0 unspecified atom stereocenters. The normalized spacial score (nSPS) is 29.6. The van der Waals surface area contributed by atoms with Crippen molar-refractivity contribution < 1.29 is 86.5 Å². The monoisotopic (exact) mass is 1790 g/mol. The van der Waals surface area contributed by atoms with E-state index in [9.17, 15) is 48.6 Å². The zero-order chi connectivity index (χ0) is 95.8. The van der Waals surface area contributed by atoms with Crippen molar-refractivity contribution in [1.29, 1.82) is 0 Å². The van der Waals surface area contributed by atoms with Crippen LogP contribution in [0.15, 0.2) is 288 Å². The van der Waals surface area contributed by atoms with Crippen LogP contribution >= 0.6 is 0 Å². The molecule has 4 saturated heterocycles. The number of aliphatic hydroxyl groups excluding tert-OH is 2. The molecule has 0 amide bonds. The molecule has 18 nitrogen and oxygen atoms in total. The maximum absolute atomic E-state index is 12.5. The van der Waals surface area contributed by atoms with Crippen molar-refractivity contribution in [3.8, 4) is 0 Å². The van der Waals surface area contributed by atoms with E-state index < -0.39 is 18.3 Å². The number of allylic oxidation sites excluding steroid dienone is 28. The van der Waals surface area contributed by atoms with Gasteiger partial charge in [-0.25, -0.2) is 19.2 Å². The van der Waals surface area contributed by atoms with Crippen LogP contribution in [0.4, 0.5) is 0 Å². The molecule has 18 heteroatoms. The molecule has 708 valence electrons. The highest BCUT2D eigenvalue weighted by Gasteiger charge is 2.39. The van der Waals surface area contributed by atoms with Crippen LogP contribution < -0.4 is 0 Å². The van der Waals surface area contributed by atoms with E-state index in [-0.39, 0.29) is 144 Å². The van der Waals surface area contributed by atoms with Gasteiger partial charge >= 0.3 is 23.9 Å². The molecule has 8 aliphatic heterocycles. The zero-order valence-corrected chi connectivity index (χ0v) is 81.1. The number of carbonyl (C=O) groups is 8. The minimum absolute atomic E-state index is 0.00835. The number of ether oxygens (including phenoxy) is 8. The molecule has 0 radical (unpaired) electrons. The van der Waals surface area contributed by atoms with Crippen LogP contribution in [0.1, 0.15) is 228 Å². The van der Waals surface area contributed by atoms with Crippen LogP contribution in [0.2, 0.25) is 0 Å². The van der Waals surface area contributed by atoms with Crippen LogP contribution in [-0.4, -0.2) is 143 Å². The molecular formula is C112H152O18. The lowest BCUT2D eigenvalue weighted by Gasteiger charge is -2.36. The lowest BCUT2D eigenvalue weighted by atomic mass is 9.88. The molecule has 0 spiro atoms. The van der Waals surface area contributed by atoms with E-state index in [0.717, 1.165) is 79.2 Å². The zero-order valence-electron chi connectivity index (χ0n) is 81.1. The van der Waals surface area contributed by atoms with Crippen molar-refractivity contribution in [2.45, 2.75) is 314 Å². The molecule has 0 aromatic rings. The average molecular weight is 1790 g/mol. The minimum atomic E-state index is -0.713. The lowest BCUT2D eigenvalue weighted by Crippen LogP contribution is -2.44. The molecule has 22 atom stereocenters. The highest BCUT2D eigenvalue weighted by atomic mass is 16.6. The van der Waals surface area contributed by atoms with E-state index in [1.165, 1.54) is 53.2 Å². The summed E-state index contributed by atoms with van der Waals surface area (Å²) in [5.41, 5.74) is 9.48. The van der Waals surface area contributed by atoms with Crippen molar-refractivity contribution >= 4 is 47.0 Å². The van der Waals surface area contributed by atoms with E-state index in [1.807, 2.05) is 217 Å². The van der Waals surface area contributed by atoms with Gasteiger partial charge in [-0.3, -0.25) is 19.2 Å². The first-order valence-corrected chi connectivity index (χ1v) is 46.8. The largest absolute Gasteiger partial charge is 0.455 e. The molecule has 8 aliphatic rings. The third kappa shape index (κ3) is 43.9. The van der Waals surface area contributed by atoms with Gasteiger partial charge in [0, 0.05) is 99.3 Å². The third-order valence-corrected chi connectivity index (χ3v) is 23.3. The van der Waals surface area contributed by atoms with Crippen molar-refractivity contribution in [3.05, 3.63) is 288 Å². The van der Waals surface area contributed by atoms with Crippen LogP contribution in [0.3, 0.4) is 0 Å². The Bertz CT molecular complexity index is 4480. The first-order valence-electron chi connectivity index (χ1n) is 46.8. The van der Waals surface area contributed by atoms with Gasteiger partial charge in [-0.1, -0.05) is 282 Å². The predicted molar refractivity (Wildman–Crippen MR) is 523 cm³/mol. The number of hydrogen-bond donors (Lipinski definition) is 2. The second kappa shape index (κ2) is 60.2. The number of rotatable bonds is 36. The molecular weight excluding hydrogens is 1630 g/mol. The van der Waals surface area contributed by atoms with Crippen LogP contribution in [0.5, 0.6) is 0 Å². The molecule has 130 heavy (non-hydrogen) atoms. The molecule has 2 N–H and O–H groups in total. The number of ketones is 4. The van der Waals surface area contributed by atoms with Crippen LogP contribution in [0.25, 0.3) is 0 Å². The number of cyclic esters (lactones) is 4. The molecule has 0 aromatic carbocycles. The van der Waals surface area contributed by atoms with Gasteiger partial charge in [0.25, 0.3) is 0 Å². The average Bonchev–Trinajstić information content (AvgIpc) is 0.810. The van der Waals surface area contributed by atoms with Gasteiger partial charge in [-0.15, -0.1) is 0 Å². The Morgan fingerprint density at radius 2 is 0.662 bits per heavy atom. The number of Topliss-reactive ketones (excluding diaryl/α,β-unsaturated/α-hetero) is 2. The Morgan fingerprint density at radius 3 is 1.02 bits per heavy atom. The topological polar surface area (TPSA) is 251 Å². The first-order chi connectivity index (χ1) is 61.9. The summed E-state index contributed by atoms with van der Waals surface area (Å²) in [6.45, 7) is 40.7. The molecule has 0 bridgehead atoms. The molecule has 8 rings (SSSR count). The fourth-order valence-electron chi connectivity index (χ4n) is 16.2. The first kappa shape index (κ1) is 111. The quantitative estimate of drug-likeness (QED) is 0.0194. The molecule has 4 fully saturated rings. The third-order valence-electron chi connectivity index (χ3n) is 23.3. The highest BCUT2D eigenvalue weighted by molar-refractivity contribution is 5.98. The van der Waals surface area contributed by atoms with Gasteiger partial charge in [0.15, 0.2) is 11.6 Å². The summed E-state index contributed by atoms with van der Waals surface area (Å²) in [7, 11) is 0. The summed E-state index contributed by atoms with van der Waals surface area (Å²) in [6.07, 6.45) is 82.5. The van der Waals surface area contributed by atoms with Gasteiger partial charge < -0.3 is 48.1 Å². The van der Waals surface area contributed by atoms with Crippen LogP contribution in [-0.2, 0) is 76.3 Å². The molecule has 0 saturated carbocycles. The van der Waals surface area contributed by atoms with Gasteiger partial charge in [-0.2, -0.15) is 0 Å².